The number of nitrogens with one attached hydrogen (secondary N) is 1. The van der Waals surface area contributed by atoms with Crippen LogP contribution in [0.3, 0.4) is 0 Å². The quantitative estimate of drug-likeness (QED) is 0.415. The molecule has 0 heterocycles. The minimum Gasteiger partial charge on any atom is -0.352 e. The van der Waals surface area contributed by atoms with Crippen LogP contribution < -0.4 is 5.32 Å². The van der Waals surface area contributed by atoms with Crippen molar-refractivity contribution in [2.75, 3.05) is 5.75 Å². The smallest absolute Gasteiger partial charge is 0.243 e. The SMILES string of the molecule is CC[C@H](C(=O)NC1CCCCC1)N(Cc1c(Cl)cccc1Cl)C(=O)CSc1ccccc1. The van der Waals surface area contributed by atoms with Crippen molar-refractivity contribution in [1.82, 2.24) is 10.2 Å². The van der Waals surface area contributed by atoms with Gasteiger partial charge in [-0.05, 0) is 43.5 Å². The first-order chi connectivity index (χ1) is 15.5. The van der Waals surface area contributed by atoms with E-state index in [0.29, 0.717) is 22.0 Å². The normalized spacial score (nSPS) is 15.2. The minimum absolute atomic E-state index is 0.0966. The Morgan fingerprint density at radius 1 is 1.03 bits per heavy atom. The molecule has 32 heavy (non-hydrogen) atoms. The molecule has 1 aliphatic rings. The van der Waals surface area contributed by atoms with E-state index in [0.717, 1.165) is 30.6 Å². The Labute approximate surface area is 205 Å². The highest BCUT2D eigenvalue weighted by atomic mass is 35.5. The number of benzene rings is 2. The van der Waals surface area contributed by atoms with Gasteiger partial charge in [0.1, 0.15) is 6.04 Å². The molecule has 2 amide bonds. The monoisotopic (exact) mass is 492 g/mol. The van der Waals surface area contributed by atoms with Crippen LogP contribution >= 0.6 is 35.0 Å². The van der Waals surface area contributed by atoms with Crippen LogP contribution in [0.25, 0.3) is 0 Å². The van der Waals surface area contributed by atoms with Gasteiger partial charge in [-0.15, -0.1) is 11.8 Å². The summed E-state index contributed by atoms with van der Waals surface area (Å²) < 4.78 is 0. The highest BCUT2D eigenvalue weighted by Gasteiger charge is 2.31. The Kier molecular flexibility index (Phi) is 9.76. The Hall–Kier alpha value is -1.69. The third-order valence-corrected chi connectivity index (χ3v) is 7.54. The molecule has 7 heteroatoms. The molecule has 0 radical (unpaired) electrons. The van der Waals surface area contributed by atoms with Gasteiger partial charge in [0.2, 0.25) is 11.8 Å². The molecule has 0 saturated heterocycles. The molecule has 1 atom stereocenters. The summed E-state index contributed by atoms with van der Waals surface area (Å²) in [6.07, 6.45) is 5.99. The Morgan fingerprint density at radius 2 is 1.69 bits per heavy atom. The number of amides is 2. The van der Waals surface area contributed by atoms with Crippen molar-refractivity contribution in [3.8, 4) is 0 Å². The van der Waals surface area contributed by atoms with Gasteiger partial charge in [0.25, 0.3) is 0 Å². The fourth-order valence-electron chi connectivity index (χ4n) is 4.06. The summed E-state index contributed by atoms with van der Waals surface area (Å²) >= 11 is 14.3. The predicted molar refractivity (Wildman–Crippen MR) is 133 cm³/mol. The van der Waals surface area contributed by atoms with Crippen LogP contribution in [0.5, 0.6) is 0 Å². The molecule has 1 fully saturated rings. The van der Waals surface area contributed by atoms with Crippen LogP contribution in [0.2, 0.25) is 10.0 Å². The Balaban J connectivity index is 1.80. The standard InChI is InChI=1S/C25H30Cl2N2O2S/c1-2-23(25(31)28-18-10-5-3-6-11-18)29(16-20-21(26)14-9-15-22(20)27)24(30)17-32-19-12-7-4-8-13-19/h4,7-9,12-15,18,23H,2-3,5-6,10-11,16-17H2,1H3,(H,28,31)/t23-/m1/s1. The summed E-state index contributed by atoms with van der Waals surface area (Å²) in [7, 11) is 0. The molecule has 3 rings (SSSR count). The van der Waals surface area contributed by atoms with Crippen LogP contribution in [-0.4, -0.2) is 34.6 Å². The van der Waals surface area contributed by atoms with Gasteiger partial charge in [-0.2, -0.15) is 0 Å². The largest absolute Gasteiger partial charge is 0.352 e. The number of hydrogen-bond acceptors (Lipinski definition) is 3. The fraction of sp³-hybridized carbons (Fsp3) is 0.440. The molecule has 0 bridgehead atoms. The maximum atomic E-state index is 13.4. The van der Waals surface area contributed by atoms with E-state index in [1.807, 2.05) is 37.3 Å². The molecule has 0 unspecified atom stereocenters. The summed E-state index contributed by atoms with van der Waals surface area (Å²) in [5, 5.41) is 4.18. The molecule has 0 aromatic heterocycles. The van der Waals surface area contributed by atoms with Gasteiger partial charge in [-0.3, -0.25) is 9.59 Å². The molecule has 2 aromatic rings. The number of carbonyl (C=O) groups is 2. The van der Waals surface area contributed by atoms with Crippen LogP contribution in [-0.2, 0) is 16.1 Å². The number of rotatable bonds is 9. The lowest BCUT2D eigenvalue weighted by molar-refractivity contribution is -0.139. The molecule has 0 spiro atoms. The van der Waals surface area contributed by atoms with E-state index in [1.165, 1.54) is 18.2 Å². The lowest BCUT2D eigenvalue weighted by Gasteiger charge is -2.33. The second kappa shape index (κ2) is 12.5. The van der Waals surface area contributed by atoms with Crippen molar-refractivity contribution in [2.24, 2.45) is 0 Å². The Bertz CT molecular complexity index is 884. The number of carbonyl (C=O) groups excluding carboxylic acids is 2. The molecular weight excluding hydrogens is 463 g/mol. The molecule has 0 aliphatic heterocycles. The van der Waals surface area contributed by atoms with Gasteiger partial charge in [0.05, 0.1) is 5.75 Å². The topological polar surface area (TPSA) is 49.4 Å². The predicted octanol–water partition coefficient (Wildman–Crippen LogP) is 6.34. The average Bonchev–Trinajstić information content (AvgIpc) is 2.80. The lowest BCUT2D eigenvalue weighted by atomic mass is 9.95. The molecule has 1 N–H and O–H groups in total. The summed E-state index contributed by atoms with van der Waals surface area (Å²) in [5.74, 6) is 0.0281. The van der Waals surface area contributed by atoms with Gasteiger partial charge in [0, 0.05) is 33.1 Å². The summed E-state index contributed by atoms with van der Waals surface area (Å²) in [4.78, 5) is 29.3. The van der Waals surface area contributed by atoms with Crippen molar-refractivity contribution in [1.29, 1.82) is 0 Å². The van der Waals surface area contributed by atoms with Crippen LogP contribution in [0.4, 0.5) is 0 Å². The molecule has 4 nitrogen and oxygen atoms in total. The van der Waals surface area contributed by atoms with Gasteiger partial charge in [-0.25, -0.2) is 0 Å². The van der Waals surface area contributed by atoms with Crippen molar-refractivity contribution in [3.63, 3.8) is 0 Å². The van der Waals surface area contributed by atoms with Crippen LogP contribution in [0, 0.1) is 0 Å². The zero-order valence-electron chi connectivity index (χ0n) is 18.4. The average molecular weight is 494 g/mol. The summed E-state index contributed by atoms with van der Waals surface area (Å²) in [6.45, 7) is 2.13. The van der Waals surface area contributed by atoms with Crippen molar-refractivity contribution >= 4 is 46.8 Å². The Morgan fingerprint density at radius 3 is 2.31 bits per heavy atom. The maximum absolute atomic E-state index is 13.4. The molecule has 2 aromatic carbocycles. The molecule has 1 aliphatic carbocycles. The number of nitrogens with zero attached hydrogens (tertiary/aromatic N) is 1. The van der Waals surface area contributed by atoms with Gasteiger partial charge in [0.15, 0.2) is 0 Å². The van der Waals surface area contributed by atoms with Crippen LogP contribution in [0.15, 0.2) is 53.4 Å². The van der Waals surface area contributed by atoms with E-state index in [4.69, 9.17) is 23.2 Å². The first kappa shape index (κ1) is 24.9. The van der Waals surface area contributed by atoms with E-state index in [1.54, 1.807) is 23.1 Å². The second-order valence-electron chi connectivity index (χ2n) is 8.09. The van der Waals surface area contributed by atoms with E-state index >= 15 is 0 Å². The van der Waals surface area contributed by atoms with Crippen molar-refractivity contribution in [3.05, 3.63) is 64.1 Å². The third-order valence-electron chi connectivity index (χ3n) is 5.83. The number of halogens is 2. The molecular formula is C25H30Cl2N2O2S. The van der Waals surface area contributed by atoms with E-state index in [2.05, 4.69) is 5.32 Å². The second-order valence-corrected chi connectivity index (χ2v) is 9.95. The lowest BCUT2D eigenvalue weighted by Crippen LogP contribution is -2.52. The maximum Gasteiger partial charge on any atom is 0.243 e. The zero-order valence-corrected chi connectivity index (χ0v) is 20.7. The molecule has 172 valence electrons. The summed E-state index contributed by atoms with van der Waals surface area (Å²) in [6, 6.07) is 14.7. The summed E-state index contributed by atoms with van der Waals surface area (Å²) in [5.41, 5.74) is 0.665. The number of hydrogen-bond donors (Lipinski definition) is 1. The highest BCUT2D eigenvalue weighted by molar-refractivity contribution is 8.00. The van der Waals surface area contributed by atoms with E-state index in [-0.39, 0.29) is 30.2 Å². The minimum atomic E-state index is -0.576. The van der Waals surface area contributed by atoms with Crippen LogP contribution in [0.1, 0.15) is 51.0 Å². The van der Waals surface area contributed by atoms with Crippen molar-refractivity contribution in [2.45, 2.75) is 69.0 Å². The first-order valence-electron chi connectivity index (χ1n) is 11.2. The zero-order chi connectivity index (χ0) is 22.9. The van der Waals surface area contributed by atoms with Crippen molar-refractivity contribution < 1.29 is 9.59 Å². The molecule has 1 saturated carbocycles. The third kappa shape index (κ3) is 6.90. The van der Waals surface area contributed by atoms with E-state index in [9.17, 15) is 9.59 Å². The fourth-order valence-corrected chi connectivity index (χ4v) is 5.38. The highest BCUT2D eigenvalue weighted by Crippen LogP contribution is 2.28. The van der Waals surface area contributed by atoms with Gasteiger partial charge in [-0.1, -0.05) is 73.7 Å². The first-order valence-corrected chi connectivity index (χ1v) is 12.9. The van der Waals surface area contributed by atoms with E-state index < -0.39 is 6.04 Å². The van der Waals surface area contributed by atoms with Gasteiger partial charge < -0.3 is 10.2 Å². The van der Waals surface area contributed by atoms with Gasteiger partial charge >= 0.3 is 0 Å². The number of thioether (sulfide) groups is 1.